The van der Waals surface area contributed by atoms with E-state index in [4.69, 9.17) is 4.74 Å². The van der Waals surface area contributed by atoms with E-state index in [1.807, 2.05) is 12.1 Å². The van der Waals surface area contributed by atoms with Crippen molar-refractivity contribution in [2.75, 3.05) is 7.11 Å². The molecular formula is C22H23NO2. The number of hydrogen-bond acceptors (Lipinski definition) is 2. The van der Waals surface area contributed by atoms with Gasteiger partial charge in [-0.15, -0.1) is 0 Å². The number of hydrogen-bond donors (Lipinski definition) is 0. The first-order chi connectivity index (χ1) is 12.1. The highest BCUT2D eigenvalue weighted by Crippen LogP contribution is 2.33. The van der Waals surface area contributed by atoms with Crippen LogP contribution in [0.5, 0.6) is 0 Å². The van der Waals surface area contributed by atoms with E-state index in [9.17, 15) is 4.79 Å². The first-order valence-electron chi connectivity index (χ1n) is 8.49. The summed E-state index contributed by atoms with van der Waals surface area (Å²) in [5.41, 5.74) is 4.98. The molecule has 0 fully saturated rings. The highest BCUT2D eigenvalue weighted by atomic mass is 16.5. The minimum Gasteiger partial charge on any atom is -0.466 e. The van der Waals surface area contributed by atoms with E-state index >= 15 is 0 Å². The third-order valence-corrected chi connectivity index (χ3v) is 4.64. The third kappa shape index (κ3) is 3.50. The Morgan fingerprint density at radius 1 is 1.12 bits per heavy atom. The van der Waals surface area contributed by atoms with E-state index in [2.05, 4.69) is 66.9 Å². The van der Waals surface area contributed by atoms with Crippen molar-refractivity contribution in [2.45, 2.75) is 26.3 Å². The Kier molecular flexibility index (Phi) is 5.03. The number of methoxy groups -OCH3 is 1. The molecule has 3 nitrogen and oxygen atoms in total. The summed E-state index contributed by atoms with van der Waals surface area (Å²) in [5, 5.41) is 1.23. The van der Waals surface area contributed by atoms with Crippen LogP contribution in [0, 0.1) is 6.92 Å². The van der Waals surface area contributed by atoms with Gasteiger partial charge in [0.25, 0.3) is 0 Å². The summed E-state index contributed by atoms with van der Waals surface area (Å²) < 4.78 is 7.06. The van der Waals surface area contributed by atoms with Gasteiger partial charge in [0, 0.05) is 35.1 Å². The molecule has 3 heteroatoms. The van der Waals surface area contributed by atoms with Gasteiger partial charge in [-0.3, -0.25) is 0 Å². The number of nitrogens with zero attached hydrogens (tertiary/aromatic N) is 1. The number of ether oxygens (including phenoxy) is 1. The lowest BCUT2D eigenvalue weighted by molar-refractivity contribution is -0.134. The fourth-order valence-electron chi connectivity index (χ4n) is 3.39. The van der Waals surface area contributed by atoms with Gasteiger partial charge in [0.15, 0.2) is 0 Å². The zero-order chi connectivity index (χ0) is 17.8. The minimum absolute atomic E-state index is 0.126. The minimum atomic E-state index is -0.322. The molecule has 2 aromatic carbocycles. The first-order valence-corrected chi connectivity index (χ1v) is 8.49. The van der Waals surface area contributed by atoms with Crippen LogP contribution >= 0.6 is 0 Å². The average Bonchev–Trinajstić information content (AvgIpc) is 2.92. The summed E-state index contributed by atoms with van der Waals surface area (Å²) in [4.78, 5) is 11.4. The Hall–Kier alpha value is -2.81. The van der Waals surface area contributed by atoms with E-state index in [1.54, 1.807) is 0 Å². The van der Waals surface area contributed by atoms with Crippen LogP contribution in [0.4, 0.5) is 0 Å². The molecule has 0 aliphatic rings. The maximum absolute atomic E-state index is 11.4. The van der Waals surface area contributed by atoms with Gasteiger partial charge in [0.2, 0.25) is 0 Å². The van der Waals surface area contributed by atoms with Crippen LogP contribution in [0.1, 0.15) is 29.7 Å². The highest BCUT2D eigenvalue weighted by molar-refractivity contribution is 5.87. The van der Waals surface area contributed by atoms with Gasteiger partial charge in [-0.2, -0.15) is 0 Å². The van der Waals surface area contributed by atoms with Crippen molar-refractivity contribution in [1.29, 1.82) is 0 Å². The van der Waals surface area contributed by atoms with Gasteiger partial charge < -0.3 is 9.30 Å². The normalized spacial score (nSPS) is 12.6. The molecule has 1 unspecified atom stereocenters. The van der Waals surface area contributed by atoms with Crippen LogP contribution in [0.25, 0.3) is 10.9 Å². The number of rotatable bonds is 5. The lowest BCUT2D eigenvalue weighted by Crippen LogP contribution is -2.03. The van der Waals surface area contributed by atoms with Gasteiger partial charge in [0.1, 0.15) is 0 Å². The molecule has 0 saturated heterocycles. The maximum atomic E-state index is 11.4. The third-order valence-electron chi connectivity index (χ3n) is 4.64. The Labute approximate surface area is 148 Å². The molecule has 0 amide bonds. The molecule has 1 aromatic heterocycles. The van der Waals surface area contributed by atoms with Gasteiger partial charge in [-0.25, -0.2) is 4.79 Å². The summed E-state index contributed by atoms with van der Waals surface area (Å²) in [6.07, 6.45) is 3.42. The molecule has 0 spiro atoms. The second kappa shape index (κ2) is 7.39. The molecule has 0 bridgehead atoms. The molecule has 1 atom stereocenters. The SMILES string of the molecule is COC(=O)/C=C\C(C)c1c(C)n(Cc2ccccc2)c2ccccc12. The smallest absolute Gasteiger partial charge is 0.330 e. The number of esters is 1. The Balaban J connectivity index is 2.06. The molecule has 3 rings (SSSR count). The van der Waals surface area contributed by atoms with E-state index in [1.165, 1.54) is 40.9 Å². The predicted octanol–water partition coefficient (Wildman–Crippen LogP) is 4.83. The van der Waals surface area contributed by atoms with Crippen LogP contribution in [0.15, 0.2) is 66.7 Å². The number of allylic oxidation sites excluding steroid dienone is 1. The first kappa shape index (κ1) is 17.0. The molecule has 25 heavy (non-hydrogen) atoms. The van der Waals surface area contributed by atoms with Crippen molar-refractivity contribution in [3.05, 3.63) is 83.6 Å². The Bertz CT molecular complexity index is 906. The second-order valence-electron chi connectivity index (χ2n) is 6.26. The zero-order valence-corrected chi connectivity index (χ0v) is 14.9. The standard InChI is InChI=1S/C22H23NO2/c1-16(13-14-21(24)25-3)22-17(2)23(15-18-9-5-4-6-10-18)20-12-8-7-11-19(20)22/h4-14,16H,15H2,1-3H3/b14-13-. The topological polar surface area (TPSA) is 31.2 Å². The predicted molar refractivity (Wildman–Crippen MR) is 102 cm³/mol. The van der Waals surface area contributed by atoms with Crippen molar-refractivity contribution >= 4 is 16.9 Å². The second-order valence-corrected chi connectivity index (χ2v) is 6.26. The number of benzene rings is 2. The lowest BCUT2D eigenvalue weighted by Gasteiger charge is -2.11. The summed E-state index contributed by atoms with van der Waals surface area (Å²) >= 11 is 0. The molecular weight excluding hydrogens is 310 g/mol. The molecule has 1 heterocycles. The van der Waals surface area contributed by atoms with Gasteiger partial charge in [-0.05, 0) is 24.1 Å². The molecule has 0 N–H and O–H groups in total. The van der Waals surface area contributed by atoms with E-state index in [0.717, 1.165) is 6.54 Å². The van der Waals surface area contributed by atoms with Gasteiger partial charge in [0.05, 0.1) is 7.11 Å². The number of carbonyl (C=O) groups excluding carboxylic acids is 1. The molecule has 0 aliphatic carbocycles. The van der Waals surface area contributed by atoms with Crippen molar-refractivity contribution in [1.82, 2.24) is 4.57 Å². The lowest BCUT2D eigenvalue weighted by atomic mass is 9.97. The number of fused-ring (bicyclic) bond motifs is 1. The molecule has 0 aliphatic heterocycles. The molecule has 3 aromatic rings. The quantitative estimate of drug-likeness (QED) is 0.494. The summed E-state index contributed by atoms with van der Waals surface area (Å²) in [5.74, 6) is -0.196. The van der Waals surface area contributed by atoms with Crippen LogP contribution in [0.3, 0.4) is 0 Å². The highest BCUT2D eigenvalue weighted by Gasteiger charge is 2.17. The van der Waals surface area contributed by atoms with E-state index < -0.39 is 0 Å². The number of carbonyl (C=O) groups is 1. The summed E-state index contributed by atoms with van der Waals surface area (Å²) in [7, 11) is 1.40. The molecule has 128 valence electrons. The van der Waals surface area contributed by atoms with E-state index in [-0.39, 0.29) is 11.9 Å². The molecule has 0 radical (unpaired) electrons. The van der Waals surface area contributed by atoms with Crippen molar-refractivity contribution in [3.63, 3.8) is 0 Å². The summed E-state index contributed by atoms with van der Waals surface area (Å²) in [6, 6.07) is 18.9. The van der Waals surface area contributed by atoms with Crippen LogP contribution in [0.2, 0.25) is 0 Å². The van der Waals surface area contributed by atoms with Crippen molar-refractivity contribution < 1.29 is 9.53 Å². The zero-order valence-electron chi connectivity index (χ0n) is 14.9. The van der Waals surface area contributed by atoms with Gasteiger partial charge in [-0.1, -0.05) is 61.5 Å². The monoisotopic (exact) mass is 333 g/mol. The van der Waals surface area contributed by atoms with Gasteiger partial charge >= 0.3 is 5.97 Å². The van der Waals surface area contributed by atoms with Crippen LogP contribution in [-0.4, -0.2) is 17.6 Å². The van der Waals surface area contributed by atoms with Crippen molar-refractivity contribution in [3.8, 4) is 0 Å². The summed E-state index contributed by atoms with van der Waals surface area (Å²) in [6.45, 7) is 5.10. The van der Waals surface area contributed by atoms with Crippen LogP contribution < -0.4 is 0 Å². The molecule has 0 saturated carbocycles. The fraction of sp³-hybridized carbons (Fsp3) is 0.227. The fourth-order valence-corrected chi connectivity index (χ4v) is 3.39. The van der Waals surface area contributed by atoms with Crippen molar-refractivity contribution in [2.24, 2.45) is 0 Å². The van der Waals surface area contributed by atoms with Crippen LogP contribution in [-0.2, 0) is 16.1 Å². The van der Waals surface area contributed by atoms with E-state index in [0.29, 0.717) is 0 Å². The number of para-hydroxylation sites is 1. The Morgan fingerprint density at radius 3 is 2.52 bits per heavy atom. The number of aromatic nitrogens is 1. The maximum Gasteiger partial charge on any atom is 0.330 e. The average molecular weight is 333 g/mol. The Morgan fingerprint density at radius 2 is 1.80 bits per heavy atom. The largest absolute Gasteiger partial charge is 0.466 e.